The molecular weight excluding hydrogens is 747 g/mol. The van der Waals surface area contributed by atoms with Crippen molar-refractivity contribution in [2.45, 2.75) is 40.0 Å². The summed E-state index contributed by atoms with van der Waals surface area (Å²) in [5.74, 6) is 0.807. The summed E-state index contributed by atoms with van der Waals surface area (Å²) in [7, 11) is 0. The van der Waals surface area contributed by atoms with Crippen LogP contribution in [-0.2, 0) is 5.41 Å². The first kappa shape index (κ1) is 36.2. The molecule has 0 fully saturated rings. The fraction of sp³-hybridized carbons (Fsp3) is 0.135. The van der Waals surface area contributed by atoms with Gasteiger partial charge in [0.25, 0.3) is 0 Å². The molecule has 1 aliphatic heterocycles. The molecule has 1 aliphatic rings. The number of thiophene rings is 2. The fourth-order valence-corrected chi connectivity index (χ4v) is 10.2. The Morgan fingerprint density at radius 1 is 0.603 bits per heavy atom. The average Bonchev–Trinajstić information content (AvgIpc) is 3.98. The molecule has 10 rings (SSSR count). The van der Waals surface area contributed by atoms with Crippen molar-refractivity contribution in [3.63, 3.8) is 0 Å². The standard InChI is InChI=1S/C52H43N3OS2/c1-33-34(2)55(50-40(35-14-8-6-9-15-35)20-13-21-41(50)36-16-10-7-11-17-36)32-54(33)38-18-12-19-39(29-38)56-49-31-46-45(47-28-37(24-26-53-47)52(3,4)5)30-44-42-25-27-57-48(42)23-22-43(44)51(46)58-49/h6-31H,32H2,1-5H3. The molecule has 0 saturated carbocycles. The molecule has 3 aromatic heterocycles. The lowest BCUT2D eigenvalue weighted by Crippen LogP contribution is -2.27. The summed E-state index contributed by atoms with van der Waals surface area (Å²) in [5, 5.41) is 7.97. The summed E-state index contributed by atoms with van der Waals surface area (Å²) in [4.78, 5) is 9.81. The zero-order valence-electron chi connectivity index (χ0n) is 33.3. The Labute approximate surface area is 347 Å². The van der Waals surface area contributed by atoms with Gasteiger partial charge >= 0.3 is 0 Å². The van der Waals surface area contributed by atoms with E-state index in [-0.39, 0.29) is 5.41 Å². The van der Waals surface area contributed by atoms with Crippen LogP contribution in [0.4, 0.5) is 11.4 Å². The molecule has 0 aliphatic carbocycles. The molecule has 0 amide bonds. The largest absolute Gasteiger partial charge is 0.447 e. The Balaban J connectivity index is 1.03. The maximum absolute atomic E-state index is 6.83. The number of hydrogen-bond donors (Lipinski definition) is 0. The zero-order valence-corrected chi connectivity index (χ0v) is 34.9. The number of aromatic nitrogens is 1. The van der Waals surface area contributed by atoms with Crippen molar-refractivity contribution in [3.05, 3.63) is 174 Å². The van der Waals surface area contributed by atoms with Gasteiger partial charge in [-0.25, -0.2) is 0 Å². The minimum atomic E-state index is 0.0101. The van der Waals surface area contributed by atoms with E-state index in [1.807, 2.05) is 6.20 Å². The predicted molar refractivity (Wildman–Crippen MR) is 249 cm³/mol. The van der Waals surface area contributed by atoms with Crippen molar-refractivity contribution in [1.29, 1.82) is 0 Å². The lowest BCUT2D eigenvalue weighted by Gasteiger charge is -2.28. The molecule has 0 saturated heterocycles. The summed E-state index contributed by atoms with van der Waals surface area (Å²) in [6.07, 6.45) is 1.95. The average molecular weight is 790 g/mol. The molecule has 0 N–H and O–H groups in total. The van der Waals surface area contributed by atoms with E-state index in [9.17, 15) is 0 Å². The molecule has 0 spiro atoms. The summed E-state index contributed by atoms with van der Waals surface area (Å²) in [6, 6.07) is 52.4. The first-order chi connectivity index (χ1) is 28.2. The van der Waals surface area contributed by atoms with Gasteiger partial charge in [0.05, 0.1) is 18.1 Å². The van der Waals surface area contributed by atoms with Crippen LogP contribution in [0.3, 0.4) is 0 Å². The van der Waals surface area contributed by atoms with Crippen LogP contribution in [0.1, 0.15) is 40.2 Å². The molecule has 0 atom stereocenters. The van der Waals surface area contributed by atoms with Crippen molar-refractivity contribution >= 4 is 65.0 Å². The van der Waals surface area contributed by atoms with Crippen molar-refractivity contribution in [1.82, 2.24) is 4.98 Å². The number of ether oxygens (including phenoxy) is 1. The second kappa shape index (κ2) is 14.3. The van der Waals surface area contributed by atoms with Crippen LogP contribution in [0.5, 0.6) is 10.8 Å². The van der Waals surface area contributed by atoms with Gasteiger partial charge < -0.3 is 14.5 Å². The summed E-state index contributed by atoms with van der Waals surface area (Å²) in [5.41, 5.74) is 12.9. The third-order valence-electron chi connectivity index (χ3n) is 11.6. The van der Waals surface area contributed by atoms with Crippen LogP contribution in [-0.4, -0.2) is 11.7 Å². The topological polar surface area (TPSA) is 28.6 Å². The molecule has 0 radical (unpaired) electrons. The van der Waals surface area contributed by atoms with Gasteiger partial charge in [-0.2, -0.15) is 0 Å². The van der Waals surface area contributed by atoms with E-state index in [1.165, 1.54) is 70.5 Å². The van der Waals surface area contributed by atoms with Gasteiger partial charge in [0.1, 0.15) is 5.75 Å². The first-order valence-corrected chi connectivity index (χ1v) is 21.5. The highest BCUT2D eigenvalue weighted by Crippen LogP contribution is 2.47. The number of pyridine rings is 1. The van der Waals surface area contributed by atoms with E-state index >= 15 is 0 Å². The molecule has 4 nitrogen and oxygen atoms in total. The van der Waals surface area contributed by atoms with E-state index in [0.717, 1.165) is 33.1 Å². The van der Waals surface area contributed by atoms with Crippen LogP contribution in [0.2, 0.25) is 0 Å². The van der Waals surface area contributed by atoms with Crippen LogP contribution in [0.25, 0.3) is 64.5 Å². The van der Waals surface area contributed by atoms with E-state index in [0.29, 0.717) is 6.67 Å². The number of para-hydroxylation sites is 1. The van der Waals surface area contributed by atoms with Gasteiger partial charge in [-0.3, -0.25) is 4.98 Å². The van der Waals surface area contributed by atoms with Gasteiger partial charge in [-0.15, -0.1) is 11.3 Å². The van der Waals surface area contributed by atoms with E-state index in [2.05, 4.69) is 195 Å². The summed E-state index contributed by atoms with van der Waals surface area (Å²) in [6.45, 7) is 11.9. The number of allylic oxidation sites excluding steroid dienone is 2. The molecule has 6 aromatic carbocycles. The number of fused-ring (bicyclic) bond motifs is 5. The Morgan fingerprint density at radius 2 is 1.31 bits per heavy atom. The number of rotatable bonds is 7. The number of hydrogen-bond acceptors (Lipinski definition) is 6. The molecule has 0 bridgehead atoms. The van der Waals surface area contributed by atoms with E-state index < -0.39 is 0 Å². The highest BCUT2D eigenvalue weighted by molar-refractivity contribution is 7.22. The fourth-order valence-electron chi connectivity index (χ4n) is 8.34. The minimum Gasteiger partial charge on any atom is -0.447 e. The van der Waals surface area contributed by atoms with Crippen molar-refractivity contribution in [2.24, 2.45) is 0 Å². The van der Waals surface area contributed by atoms with Crippen molar-refractivity contribution in [2.75, 3.05) is 16.5 Å². The van der Waals surface area contributed by atoms with Crippen molar-refractivity contribution < 1.29 is 4.74 Å². The molecule has 6 heteroatoms. The normalized spacial score (nSPS) is 13.4. The zero-order chi connectivity index (χ0) is 39.5. The number of nitrogens with zero attached hydrogens (tertiary/aromatic N) is 3. The number of benzene rings is 6. The second-order valence-electron chi connectivity index (χ2n) is 16.1. The summed E-state index contributed by atoms with van der Waals surface area (Å²) < 4.78 is 9.33. The Kier molecular flexibility index (Phi) is 8.92. The monoisotopic (exact) mass is 789 g/mol. The molecule has 58 heavy (non-hydrogen) atoms. The van der Waals surface area contributed by atoms with E-state index in [4.69, 9.17) is 9.72 Å². The van der Waals surface area contributed by atoms with Gasteiger partial charge in [0.2, 0.25) is 0 Å². The molecule has 0 unspecified atom stereocenters. The molecule has 9 aromatic rings. The third kappa shape index (κ3) is 6.33. The van der Waals surface area contributed by atoms with Gasteiger partial charge in [-0.1, -0.05) is 123 Å². The molecule has 4 heterocycles. The maximum atomic E-state index is 6.83. The van der Waals surface area contributed by atoms with Crippen molar-refractivity contribution in [3.8, 4) is 44.3 Å². The Bertz CT molecular complexity index is 2970. The smallest absolute Gasteiger partial charge is 0.182 e. The van der Waals surface area contributed by atoms with Gasteiger partial charge in [-0.05, 0) is 89.2 Å². The van der Waals surface area contributed by atoms with E-state index in [1.54, 1.807) is 22.7 Å². The van der Waals surface area contributed by atoms with Gasteiger partial charge in [0.15, 0.2) is 5.06 Å². The summed E-state index contributed by atoms with van der Waals surface area (Å²) >= 11 is 3.49. The van der Waals surface area contributed by atoms with Gasteiger partial charge in [0, 0.05) is 77.7 Å². The third-order valence-corrected chi connectivity index (χ3v) is 13.5. The Hall–Kier alpha value is -6.21. The highest BCUT2D eigenvalue weighted by atomic mass is 32.1. The molecular formula is C52H43N3OS2. The Morgan fingerprint density at radius 3 is 2.03 bits per heavy atom. The quantitative estimate of drug-likeness (QED) is 0.161. The predicted octanol–water partition coefficient (Wildman–Crippen LogP) is 15.3. The number of anilines is 2. The van der Waals surface area contributed by atoms with Crippen LogP contribution >= 0.6 is 22.7 Å². The maximum Gasteiger partial charge on any atom is 0.182 e. The first-order valence-electron chi connectivity index (χ1n) is 19.8. The van der Waals surface area contributed by atoms with Crippen LogP contribution in [0, 0.1) is 0 Å². The SMILES string of the molecule is CC1=C(C)N(c2c(-c3ccccc3)cccc2-c2ccccc2)CN1c1cccc(Oc2cc3c(-c4cc(C(C)(C)C)ccn4)cc4c5ccsc5ccc4c3s2)c1. The lowest BCUT2D eigenvalue weighted by molar-refractivity contribution is 0.497. The lowest BCUT2D eigenvalue weighted by atomic mass is 9.86. The van der Waals surface area contributed by atoms with Crippen LogP contribution < -0.4 is 14.5 Å². The second-order valence-corrected chi connectivity index (χ2v) is 18.1. The van der Waals surface area contributed by atoms with Crippen LogP contribution in [0.15, 0.2) is 169 Å². The minimum absolute atomic E-state index is 0.0101. The molecule has 284 valence electrons. The highest BCUT2D eigenvalue weighted by Gasteiger charge is 2.30.